The third kappa shape index (κ3) is 3.10. The number of ketones is 1. The molecule has 23 heavy (non-hydrogen) atoms. The Balaban J connectivity index is 2.25. The number of amides is 1. The second kappa shape index (κ2) is 7.07. The van der Waals surface area contributed by atoms with Crippen LogP contribution in [0.5, 0.6) is 11.5 Å². The Hall–Kier alpha value is -2.66. The Bertz CT molecular complexity index is 667. The lowest BCUT2D eigenvalue weighted by atomic mass is 9.82. The van der Waals surface area contributed by atoms with Gasteiger partial charge in [0, 0.05) is 11.6 Å². The number of Topliss-reactive ketones (excluding diaryl/α,β-unsaturated/α-hetero) is 1. The van der Waals surface area contributed by atoms with E-state index in [0.717, 1.165) is 11.8 Å². The standard InChI is InChI=1S/C16H19N3O4/c1-4-12-15(13(20)8-18-17)19(16(12)21)9-10-5-6-11(22-2)7-14(10)23-3/h5-8,12,15H,4,9H2,1-3H3/t12-,15+/m1/s1. The average molecular weight is 317 g/mol. The van der Waals surface area contributed by atoms with E-state index in [1.807, 2.05) is 6.92 Å². The predicted molar refractivity (Wildman–Crippen MR) is 82.4 cm³/mol. The minimum absolute atomic E-state index is 0.0879. The van der Waals surface area contributed by atoms with Crippen molar-refractivity contribution in [1.82, 2.24) is 4.90 Å². The average Bonchev–Trinajstić information content (AvgIpc) is 2.57. The van der Waals surface area contributed by atoms with Crippen molar-refractivity contribution in [2.24, 2.45) is 5.92 Å². The Kier molecular flexibility index (Phi) is 5.13. The number of carbonyl (C=O) groups excluding carboxylic acids is 2. The lowest BCUT2D eigenvalue weighted by Crippen LogP contribution is -2.63. The Morgan fingerprint density at radius 1 is 1.39 bits per heavy atom. The van der Waals surface area contributed by atoms with Crippen molar-refractivity contribution in [2.75, 3.05) is 14.2 Å². The van der Waals surface area contributed by atoms with E-state index in [-0.39, 0.29) is 24.2 Å². The zero-order chi connectivity index (χ0) is 17.0. The quantitative estimate of drug-likeness (QED) is 0.328. The van der Waals surface area contributed by atoms with Crippen LogP contribution in [0.1, 0.15) is 18.9 Å². The van der Waals surface area contributed by atoms with Gasteiger partial charge < -0.3 is 19.9 Å². The maximum absolute atomic E-state index is 12.2. The zero-order valence-corrected chi connectivity index (χ0v) is 13.4. The number of carbonyl (C=O) groups is 2. The zero-order valence-electron chi connectivity index (χ0n) is 13.4. The Morgan fingerprint density at radius 3 is 2.70 bits per heavy atom. The molecule has 0 saturated carbocycles. The van der Waals surface area contributed by atoms with E-state index in [0.29, 0.717) is 17.9 Å². The largest absolute Gasteiger partial charge is 0.497 e. The highest BCUT2D eigenvalue weighted by Crippen LogP contribution is 2.34. The van der Waals surface area contributed by atoms with Gasteiger partial charge in [-0.05, 0) is 18.6 Å². The number of ether oxygens (including phenoxy) is 2. The van der Waals surface area contributed by atoms with Gasteiger partial charge in [0.25, 0.3) is 5.78 Å². The molecule has 0 bridgehead atoms. The molecule has 1 amide bonds. The van der Waals surface area contributed by atoms with Crippen LogP contribution in [-0.2, 0) is 16.1 Å². The van der Waals surface area contributed by atoms with Gasteiger partial charge in [0.1, 0.15) is 17.5 Å². The summed E-state index contributed by atoms with van der Waals surface area (Å²) >= 11 is 0. The van der Waals surface area contributed by atoms with Crippen molar-refractivity contribution in [3.8, 4) is 11.5 Å². The van der Waals surface area contributed by atoms with Crippen molar-refractivity contribution in [3.63, 3.8) is 0 Å². The van der Waals surface area contributed by atoms with E-state index in [2.05, 4.69) is 4.79 Å². The van der Waals surface area contributed by atoms with Crippen LogP contribution in [0.25, 0.3) is 5.53 Å². The number of methoxy groups -OCH3 is 2. The highest BCUT2D eigenvalue weighted by atomic mass is 16.5. The Labute approximate surface area is 134 Å². The number of benzene rings is 1. The molecule has 0 aliphatic carbocycles. The minimum Gasteiger partial charge on any atom is -0.497 e. The van der Waals surface area contributed by atoms with Crippen LogP contribution in [0, 0.1) is 5.92 Å². The van der Waals surface area contributed by atoms with Crippen LogP contribution in [0.2, 0.25) is 0 Å². The fraction of sp³-hybridized carbons (Fsp3) is 0.438. The van der Waals surface area contributed by atoms with Gasteiger partial charge in [0.2, 0.25) is 5.91 Å². The molecule has 2 atom stereocenters. The monoisotopic (exact) mass is 317 g/mol. The summed E-state index contributed by atoms with van der Waals surface area (Å²) in [4.78, 5) is 28.5. The second-order valence-corrected chi connectivity index (χ2v) is 5.25. The molecule has 7 heteroatoms. The Morgan fingerprint density at radius 2 is 2.13 bits per heavy atom. The van der Waals surface area contributed by atoms with Crippen LogP contribution in [-0.4, -0.2) is 47.9 Å². The summed E-state index contributed by atoms with van der Waals surface area (Å²) < 4.78 is 10.5. The van der Waals surface area contributed by atoms with E-state index in [9.17, 15) is 9.59 Å². The van der Waals surface area contributed by atoms with Gasteiger partial charge in [-0.15, -0.1) is 0 Å². The molecule has 1 aliphatic heterocycles. The number of nitrogens with zero attached hydrogens (tertiary/aromatic N) is 3. The molecule has 1 saturated heterocycles. The van der Waals surface area contributed by atoms with E-state index < -0.39 is 6.04 Å². The maximum Gasteiger partial charge on any atom is 0.325 e. The summed E-state index contributed by atoms with van der Waals surface area (Å²) in [6.45, 7) is 2.10. The molecule has 0 aromatic heterocycles. The predicted octanol–water partition coefficient (Wildman–Crippen LogP) is 1.31. The molecule has 1 aromatic carbocycles. The smallest absolute Gasteiger partial charge is 0.325 e. The molecular formula is C16H19N3O4. The highest BCUT2D eigenvalue weighted by molar-refractivity contribution is 6.30. The number of hydrogen-bond donors (Lipinski definition) is 0. The highest BCUT2D eigenvalue weighted by Gasteiger charge is 2.50. The van der Waals surface area contributed by atoms with Crippen molar-refractivity contribution < 1.29 is 23.9 Å². The third-order valence-electron chi connectivity index (χ3n) is 4.07. The molecule has 0 N–H and O–H groups in total. The fourth-order valence-electron chi connectivity index (χ4n) is 2.85. The first-order valence-electron chi connectivity index (χ1n) is 7.30. The molecule has 0 unspecified atom stereocenters. The van der Waals surface area contributed by atoms with Crippen LogP contribution < -0.4 is 9.47 Å². The van der Waals surface area contributed by atoms with Crippen LogP contribution in [0.4, 0.5) is 0 Å². The lowest BCUT2D eigenvalue weighted by Gasteiger charge is -2.45. The number of hydrogen-bond acceptors (Lipinski definition) is 4. The number of rotatable bonds is 7. The first-order valence-corrected chi connectivity index (χ1v) is 7.30. The van der Waals surface area contributed by atoms with E-state index in [4.69, 9.17) is 15.0 Å². The summed E-state index contributed by atoms with van der Waals surface area (Å²) in [7, 11) is 3.09. The van der Waals surface area contributed by atoms with Gasteiger partial charge in [-0.1, -0.05) is 6.92 Å². The van der Waals surface area contributed by atoms with Crippen molar-refractivity contribution in [1.29, 1.82) is 0 Å². The number of likely N-dealkylation sites (tertiary alicyclic amines) is 1. The molecule has 1 aliphatic rings. The van der Waals surface area contributed by atoms with Crippen LogP contribution >= 0.6 is 0 Å². The second-order valence-electron chi connectivity index (χ2n) is 5.25. The van der Waals surface area contributed by atoms with Crippen molar-refractivity contribution >= 4 is 17.9 Å². The van der Waals surface area contributed by atoms with E-state index in [1.54, 1.807) is 25.3 Å². The summed E-state index contributed by atoms with van der Waals surface area (Å²) in [6, 6.07) is 4.69. The van der Waals surface area contributed by atoms with Gasteiger partial charge in [0.05, 0.1) is 26.7 Å². The SMILES string of the molecule is CC[C@H]1C(=O)N(Cc2ccc(OC)cc2OC)[C@@H]1C(=O)C=[N+]=[N-]. The topological polar surface area (TPSA) is 92.2 Å². The summed E-state index contributed by atoms with van der Waals surface area (Å²) in [5.41, 5.74) is 9.33. The lowest BCUT2D eigenvalue weighted by molar-refractivity contribution is -0.162. The molecule has 7 nitrogen and oxygen atoms in total. The normalized spacial score (nSPS) is 19.6. The molecule has 2 rings (SSSR count). The van der Waals surface area contributed by atoms with Crippen molar-refractivity contribution in [2.45, 2.75) is 25.9 Å². The minimum atomic E-state index is -0.602. The molecule has 122 valence electrons. The van der Waals surface area contributed by atoms with Gasteiger partial charge in [-0.2, -0.15) is 4.79 Å². The van der Waals surface area contributed by atoms with Gasteiger partial charge in [-0.25, -0.2) is 0 Å². The van der Waals surface area contributed by atoms with Gasteiger partial charge in [0.15, 0.2) is 0 Å². The van der Waals surface area contributed by atoms with Crippen LogP contribution in [0.3, 0.4) is 0 Å². The third-order valence-corrected chi connectivity index (χ3v) is 4.07. The summed E-state index contributed by atoms with van der Waals surface area (Å²) in [6.07, 6.45) is 1.41. The summed E-state index contributed by atoms with van der Waals surface area (Å²) in [5.74, 6) is 0.386. The van der Waals surface area contributed by atoms with Gasteiger partial charge in [-0.3, -0.25) is 9.59 Å². The fourth-order valence-corrected chi connectivity index (χ4v) is 2.85. The van der Waals surface area contributed by atoms with E-state index in [1.165, 1.54) is 12.0 Å². The number of β-lactam (4-membered cyclic amide) rings is 1. The van der Waals surface area contributed by atoms with E-state index >= 15 is 0 Å². The first kappa shape index (κ1) is 16.7. The molecular weight excluding hydrogens is 298 g/mol. The maximum atomic E-state index is 12.2. The molecule has 0 radical (unpaired) electrons. The summed E-state index contributed by atoms with van der Waals surface area (Å²) in [5, 5.41) is 0. The molecule has 1 aromatic rings. The van der Waals surface area contributed by atoms with Gasteiger partial charge >= 0.3 is 6.21 Å². The van der Waals surface area contributed by atoms with Crippen molar-refractivity contribution in [3.05, 3.63) is 29.3 Å². The van der Waals surface area contributed by atoms with Crippen LogP contribution in [0.15, 0.2) is 18.2 Å². The molecule has 1 heterocycles. The first-order chi connectivity index (χ1) is 11.1. The molecule has 0 spiro atoms. The molecule has 1 fully saturated rings.